The van der Waals surface area contributed by atoms with Gasteiger partial charge in [-0.2, -0.15) is 0 Å². The van der Waals surface area contributed by atoms with Gasteiger partial charge in [0.15, 0.2) is 0 Å². The number of furan rings is 1. The SMILES string of the molecule is NNC(Cc1ccco1)c1cc(F)ccc1N. The lowest BCUT2D eigenvalue weighted by atomic mass is 10.0. The second-order valence-corrected chi connectivity index (χ2v) is 3.78. The van der Waals surface area contributed by atoms with Crippen molar-refractivity contribution in [2.24, 2.45) is 5.84 Å². The Bertz CT molecular complexity index is 485. The van der Waals surface area contributed by atoms with Gasteiger partial charge in [-0.1, -0.05) is 0 Å². The van der Waals surface area contributed by atoms with Crippen LogP contribution in [-0.2, 0) is 6.42 Å². The van der Waals surface area contributed by atoms with Crippen LogP contribution in [0.2, 0.25) is 0 Å². The molecule has 0 radical (unpaired) electrons. The number of nitrogens with one attached hydrogen (secondary N) is 1. The molecule has 0 bridgehead atoms. The Morgan fingerprint density at radius 2 is 2.18 bits per heavy atom. The lowest BCUT2D eigenvalue weighted by Crippen LogP contribution is -2.30. The molecule has 5 N–H and O–H groups in total. The largest absolute Gasteiger partial charge is 0.469 e. The fourth-order valence-corrected chi connectivity index (χ4v) is 1.74. The number of halogens is 1. The summed E-state index contributed by atoms with van der Waals surface area (Å²) in [7, 11) is 0. The van der Waals surface area contributed by atoms with Crippen LogP contribution in [-0.4, -0.2) is 0 Å². The van der Waals surface area contributed by atoms with Crippen molar-refractivity contribution in [3.8, 4) is 0 Å². The first-order valence-corrected chi connectivity index (χ1v) is 5.24. The molecule has 0 saturated carbocycles. The number of nitrogen functional groups attached to an aromatic ring is 1. The molecular formula is C12H14FN3O. The van der Waals surface area contributed by atoms with Gasteiger partial charge in [0.25, 0.3) is 0 Å². The normalized spacial score (nSPS) is 12.6. The highest BCUT2D eigenvalue weighted by atomic mass is 19.1. The highest BCUT2D eigenvalue weighted by molar-refractivity contribution is 5.48. The lowest BCUT2D eigenvalue weighted by Gasteiger charge is -2.17. The second kappa shape index (κ2) is 4.99. The van der Waals surface area contributed by atoms with Crippen molar-refractivity contribution >= 4 is 5.69 Å². The van der Waals surface area contributed by atoms with Gasteiger partial charge in [-0.05, 0) is 35.9 Å². The summed E-state index contributed by atoms with van der Waals surface area (Å²) in [5, 5.41) is 0. The summed E-state index contributed by atoms with van der Waals surface area (Å²) in [6, 6.07) is 7.56. The monoisotopic (exact) mass is 235 g/mol. The summed E-state index contributed by atoms with van der Waals surface area (Å²) < 4.78 is 18.4. The maximum atomic E-state index is 13.2. The topological polar surface area (TPSA) is 77.2 Å². The number of rotatable bonds is 4. The van der Waals surface area contributed by atoms with Crippen molar-refractivity contribution in [1.82, 2.24) is 5.43 Å². The van der Waals surface area contributed by atoms with Gasteiger partial charge >= 0.3 is 0 Å². The smallest absolute Gasteiger partial charge is 0.123 e. The molecule has 2 aromatic rings. The molecule has 0 spiro atoms. The van der Waals surface area contributed by atoms with Gasteiger partial charge in [0.1, 0.15) is 11.6 Å². The van der Waals surface area contributed by atoms with E-state index in [1.807, 2.05) is 6.07 Å². The Balaban J connectivity index is 2.25. The van der Waals surface area contributed by atoms with Crippen LogP contribution in [0.1, 0.15) is 17.4 Å². The molecule has 5 heteroatoms. The second-order valence-electron chi connectivity index (χ2n) is 3.78. The molecule has 0 aliphatic rings. The first kappa shape index (κ1) is 11.6. The predicted molar refractivity (Wildman–Crippen MR) is 63.3 cm³/mol. The number of hydrogen-bond acceptors (Lipinski definition) is 4. The van der Waals surface area contributed by atoms with Gasteiger partial charge in [-0.15, -0.1) is 0 Å². The maximum absolute atomic E-state index is 13.2. The fourth-order valence-electron chi connectivity index (χ4n) is 1.74. The molecule has 0 saturated heterocycles. The van der Waals surface area contributed by atoms with Gasteiger partial charge in [-0.25, -0.2) is 4.39 Å². The number of benzene rings is 1. The van der Waals surface area contributed by atoms with Crippen LogP contribution < -0.4 is 17.0 Å². The van der Waals surface area contributed by atoms with E-state index in [0.29, 0.717) is 17.7 Å². The molecular weight excluding hydrogens is 221 g/mol. The summed E-state index contributed by atoms with van der Waals surface area (Å²) in [6.45, 7) is 0. The zero-order chi connectivity index (χ0) is 12.3. The molecule has 4 nitrogen and oxygen atoms in total. The molecule has 1 unspecified atom stereocenters. The Morgan fingerprint density at radius 3 is 2.82 bits per heavy atom. The molecule has 0 amide bonds. The minimum absolute atomic E-state index is 0.281. The van der Waals surface area contributed by atoms with Crippen molar-refractivity contribution in [2.45, 2.75) is 12.5 Å². The van der Waals surface area contributed by atoms with E-state index in [0.717, 1.165) is 5.76 Å². The van der Waals surface area contributed by atoms with Gasteiger partial charge < -0.3 is 10.2 Å². The minimum Gasteiger partial charge on any atom is -0.469 e. The average molecular weight is 235 g/mol. The van der Waals surface area contributed by atoms with Crippen LogP contribution >= 0.6 is 0 Å². The number of hydrazine groups is 1. The quantitative estimate of drug-likeness (QED) is 0.428. The van der Waals surface area contributed by atoms with Crippen molar-refractivity contribution in [3.05, 3.63) is 53.7 Å². The van der Waals surface area contributed by atoms with E-state index in [4.69, 9.17) is 16.0 Å². The third kappa shape index (κ3) is 2.64. The molecule has 90 valence electrons. The molecule has 1 atom stereocenters. The van der Waals surface area contributed by atoms with Crippen LogP contribution in [0.3, 0.4) is 0 Å². The summed E-state index contributed by atoms with van der Waals surface area (Å²) in [5.74, 6) is 5.89. The van der Waals surface area contributed by atoms with Gasteiger partial charge in [0.05, 0.1) is 12.3 Å². The summed E-state index contributed by atoms with van der Waals surface area (Å²) in [4.78, 5) is 0. The Labute approximate surface area is 98.4 Å². The van der Waals surface area contributed by atoms with Crippen molar-refractivity contribution < 1.29 is 8.81 Å². The summed E-state index contributed by atoms with van der Waals surface area (Å²) in [6.07, 6.45) is 2.09. The summed E-state index contributed by atoms with van der Waals surface area (Å²) in [5.41, 5.74) is 9.55. The third-order valence-corrected chi connectivity index (χ3v) is 2.61. The molecule has 0 aliphatic carbocycles. The Hall–Kier alpha value is -1.85. The number of nitrogens with two attached hydrogens (primary N) is 2. The van der Waals surface area contributed by atoms with E-state index in [-0.39, 0.29) is 11.9 Å². The fraction of sp³-hybridized carbons (Fsp3) is 0.167. The van der Waals surface area contributed by atoms with Crippen LogP contribution in [0.25, 0.3) is 0 Å². The van der Waals surface area contributed by atoms with Gasteiger partial charge in [0.2, 0.25) is 0 Å². The predicted octanol–water partition coefficient (Wildman–Crippen LogP) is 1.75. The molecule has 1 aromatic carbocycles. The van der Waals surface area contributed by atoms with Crippen LogP contribution in [0.4, 0.5) is 10.1 Å². The van der Waals surface area contributed by atoms with E-state index in [2.05, 4.69) is 5.43 Å². The summed E-state index contributed by atoms with van der Waals surface area (Å²) >= 11 is 0. The van der Waals surface area contributed by atoms with Crippen molar-refractivity contribution in [1.29, 1.82) is 0 Å². The number of hydrogen-bond donors (Lipinski definition) is 3. The van der Waals surface area contributed by atoms with Gasteiger partial charge in [-0.3, -0.25) is 11.3 Å². The first-order chi connectivity index (χ1) is 8.20. The molecule has 1 aromatic heterocycles. The zero-order valence-corrected chi connectivity index (χ0v) is 9.19. The van der Waals surface area contributed by atoms with E-state index in [1.165, 1.54) is 18.2 Å². The molecule has 0 fully saturated rings. The molecule has 1 heterocycles. The average Bonchev–Trinajstić information content (AvgIpc) is 2.82. The number of anilines is 1. The van der Waals surface area contributed by atoms with E-state index < -0.39 is 0 Å². The van der Waals surface area contributed by atoms with E-state index in [9.17, 15) is 4.39 Å². The highest BCUT2D eigenvalue weighted by Gasteiger charge is 2.15. The molecule has 0 aliphatic heterocycles. The third-order valence-electron chi connectivity index (χ3n) is 2.61. The van der Waals surface area contributed by atoms with E-state index >= 15 is 0 Å². The van der Waals surface area contributed by atoms with Crippen LogP contribution in [0, 0.1) is 5.82 Å². The van der Waals surface area contributed by atoms with E-state index in [1.54, 1.807) is 12.3 Å². The van der Waals surface area contributed by atoms with Gasteiger partial charge in [0, 0.05) is 12.1 Å². The molecule has 17 heavy (non-hydrogen) atoms. The van der Waals surface area contributed by atoms with Crippen molar-refractivity contribution in [2.75, 3.05) is 5.73 Å². The maximum Gasteiger partial charge on any atom is 0.123 e. The van der Waals surface area contributed by atoms with Crippen LogP contribution in [0.15, 0.2) is 41.0 Å². The van der Waals surface area contributed by atoms with Crippen LogP contribution in [0.5, 0.6) is 0 Å². The Kier molecular flexibility index (Phi) is 3.41. The first-order valence-electron chi connectivity index (χ1n) is 5.24. The highest BCUT2D eigenvalue weighted by Crippen LogP contribution is 2.24. The zero-order valence-electron chi connectivity index (χ0n) is 9.19. The molecule has 2 rings (SSSR count). The standard InChI is InChI=1S/C12H14FN3O/c13-8-3-4-11(14)10(6-8)12(16-15)7-9-2-1-5-17-9/h1-6,12,16H,7,14-15H2. The van der Waals surface area contributed by atoms with Crippen molar-refractivity contribution in [3.63, 3.8) is 0 Å². The minimum atomic E-state index is -0.339. The Morgan fingerprint density at radius 1 is 1.35 bits per heavy atom. The lowest BCUT2D eigenvalue weighted by molar-refractivity contribution is 0.454.